The lowest BCUT2D eigenvalue weighted by Crippen LogP contribution is -2.49. The number of sulfone groups is 1. The fourth-order valence-electron chi connectivity index (χ4n) is 3.21. The van der Waals surface area contributed by atoms with E-state index in [4.69, 9.17) is 4.74 Å². The highest BCUT2D eigenvalue weighted by molar-refractivity contribution is 7.91. The average Bonchev–Trinajstić information content (AvgIpc) is 3.06. The highest BCUT2D eigenvalue weighted by Gasteiger charge is 2.34. The third-order valence-corrected chi connectivity index (χ3v) is 6.21. The number of hydrogen-bond donors (Lipinski definition) is 1. The van der Waals surface area contributed by atoms with E-state index in [1.807, 2.05) is 0 Å². The van der Waals surface area contributed by atoms with E-state index < -0.39 is 9.84 Å². The van der Waals surface area contributed by atoms with Crippen LogP contribution in [0.4, 0.5) is 4.79 Å². The number of hydrogen-bond acceptors (Lipinski definition) is 4. The zero-order chi connectivity index (χ0) is 15.3. The van der Waals surface area contributed by atoms with E-state index in [0.717, 1.165) is 0 Å². The van der Waals surface area contributed by atoms with Gasteiger partial charge >= 0.3 is 6.03 Å². The van der Waals surface area contributed by atoms with Crippen LogP contribution in [0.25, 0.3) is 0 Å². The fraction of sp³-hybridized carbons (Fsp3) is 0.929. The van der Waals surface area contributed by atoms with Crippen LogP contribution in [0, 0.1) is 5.92 Å². The molecule has 1 saturated carbocycles. The second-order valence-corrected chi connectivity index (χ2v) is 8.31. The second kappa shape index (κ2) is 7.45. The number of amides is 2. The van der Waals surface area contributed by atoms with Gasteiger partial charge in [-0.1, -0.05) is 12.8 Å². The Morgan fingerprint density at radius 2 is 2.00 bits per heavy atom. The molecule has 1 aliphatic carbocycles. The van der Waals surface area contributed by atoms with Gasteiger partial charge in [0.2, 0.25) is 0 Å². The molecular weight excluding hydrogens is 292 g/mol. The van der Waals surface area contributed by atoms with Gasteiger partial charge in [0.25, 0.3) is 0 Å². The number of rotatable bonds is 6. The lowest BCUT2D eigenvalue weighted by Gasteiger charge is -2.28. The Balaban J connectivity index is 1.89. The largest absolute Gasteiger partial charge is 0.383 e. The number of nitrogens with one attached hydrogen (secondary N) is 1. The molecule has 1 heterocycles. The highest BCUT2D eigenvalue weighted by Crippen LogP contribution is 2.24. The Kier molecular flexibility index (Phi) is 5.87. The number of urea groups is 1. The van der Waals surface area contributed by atoms with E-state index in [2.05, 4.69) is 5.32 Å². The van der Waals surface area contributed by atoms with E-state index >= 15 is 0 Å². The summed E-state index contributed by atoms with van der Waals surface area (Å²) in [5.41, 5.74) is 0. The molecule has 2 fully saturated rings. The Bertz CT molecular complexity index is 446. The van der Waals surface area contributed by atoms with Gasteiger partial charge in [-0.3, -0.25) is 0 Å². The van der Waals surface area contributed by atoms with Crippen LogP contribution < -0.4 is 5.32 Å². The molecule has 0 aromatic carbocycles. The molecule has 1 unspecified atom stereocenters. The van der Waals surface area contributed by atoms with Gasteiger partial charge in [0.1, 0.15) is 0 Å². The van der Waals surface area contributed by atoms with E-state index in [-0.39, 0.29) is 23.6 Å². The molecular formula is C14H26N2O4S. The molecule has 1 aliphatic heterocycles. The molecule has 0 radical (unpaired) electrons. The zero-order valence-electron chi connectivity index (χ0n) is 12.7. The molecule has 2 aliphatic rings. The second-order valence-electron chi connectivity index (χ2n) is 6.08. The van der Waals surface area contributed by atoms with Crippen molar-refractivity contribution in [2.75, 3.05) is 38.3 Å². The number of carbonyl (C=O) groups is 1. The highest BCUT2D eigenvalue weighted by atomic mass is 32.2. The predicted octanol–water partition coefficient (Wildman–Crippen LogP) is 1.02. The van der Waals surface area contributed by atoms with Crippen molar-refractivity contribution in [3.05, 3.63) is 0 Å². The number of carbonyl (C=O) groups excluding carboxylic acids is 1. The molecule has 1 N–H and O–H groups in total. The third kappa shape index (κ3) is 4.85. The number of methoxy groups -OCH3 is 1. The maximum atomic E-state index is 12.4. The predicted molar refractivity (Wildman–Crippen MR) is 81.0 cm³/mol. The molecule has 0 aromatic rings. The zero-order valence-corrected chi connectivity index (χ0v) is 13.5. The van der Waals surface area contributed by atoms with Crippen LogP contribution in [0.2, 0.25) is 0 Å². The van der Waals surface area contributed by atoms with Crippen molar-refractivity contribution in [3.8, 4) is 0 Å². The van der Waals surface area contributed by atoms with Gasteiger partial charge in [0, 0.05) is 26.2 Å². The molecule has 1 saturated heterocycles. The molecule has 0 bridgehead atoms. The molecule has 7 heteroatoms. The Morgan fingerprint density at radius 1 is 1.29 bits per heavy atom. The first-order valence-electron chi connectivity index (χ1n) is 7.75. The quantitative estimate of drug-likeness (QED) is 0.793. The summed E-state index contributed by atoms with van der Waals surface area (Å²) in [7, 11) is -1.41. The van der Waals surface area contributed by atoms with Crippen LogP contribution in [0.1, 0.15) is 32.1 Å². The summed E-state index contributed by atoms with van der Waals surface area (Å²) in [6, 6.07) is -0.366. The SMILES string of the molecule is COCCN(C(=O)NCC1CCCC1)C1CCS(=O)(=O)C1. The van der Waals surface area contributed by atoms with E-state index in [0.29, 0.717) is 32.0 Å². The summed E-state index contributed by atoms with van der Waals surface area (Å²) in [6.45, 7) is 1.56. The Morgan fingerprint density at radius 3 is 2.57 bits per heavy atom. The molecule has 21 heavy (non-hydrogen) atoms. The fourth-order valence-corrected chi connectivity index (χ4v) is 4.94. The van der Waals surface area contributed by atoms with Crippen LogP contribution in [0.3, 0.4) is 0 Å². The third-order valence-electron chi connectivity index (χ3n) is 4.46. The molecule has 1 atom stereocenters. The van der Waals surface area contributed by atoms with Gasteiger partial charge in [-0.05, 0) is 25.2 Å². The van der Waals surface area contributed by atoms with Gasteiger partial charge in [0.15, 0.2) is 9.84 Å². The monoisotopic (exact) mass is 318 g/mol. The summed E-state index contributed by atoms with van der Waals surface area (Å²) in [5.74, 6) is 0.829. The minimum Gasteiger partial charge on any atom is -0.383 e. The maximum Gasteiger partial charge on any atom is 0.317 e. The molecule has 0 aromatic heterocycles. The van der Waals surface area contributed by atoms with Gasteiger partial charge in [-0.25, -0.2) is 13.2 Å². The standard InChI is InChI=1S/C14H26N2O4S/c1-20-8-7-16(13-6-9-21(18,19)11-13)14(17)15-10-12-4-2-3-5-12/h12-13H,2-11H2,1H3,(H,15,17). The summed E-state index contributed by atoms with van der Waals surface area (Å²) >= 11 is 0. The first-order valence-corrected chi connectivity index (χ1v) is 9.58. The minimum absolute atomic E-state index is 0.0769. The first-order chi connectivity index (χ1) is 10.0. The molecule has 122 valence electrons. The topological polar surface area (TPSA) is 75.7 Å². The van der Waals surface area contributed by atoms with Crippen LogP contribution in [-0.4, -0.2) is 63.7 Å². The summed E-state index contributed by atoms with van der Waals surface area (Å²) in [6.07, 6.45) is 5.37. The summed E-state index contributed by atoms with van der Waals surface area (Å²) in [5, 5.41) is 2.97. The van der Waals surface area contributed by atoms with Crippen LogP contribution in [-0.2, 0) is 14.6 Å². The van der Waals surface area contributed by atoms with E-state index in [1.165, 1.54) is 25.7 Å². The molecule has 6 nitrogen and oxygen atoms in total. The van der Waals surface area contributed by atoms with Gasteiger partial charge in [-0.15, -0.1) is 0 Å². The van der Waals surface area contributed by atoms with Crippen molar-refractivity contribution in [1.29, 1.82) is 0 Å². The van der Waals surface area contributed by atoms with Crippen molar-refractivity contribution in [1.82, 2.24) is 10.2 Å². The molecule has 0 spiro atoms. The van der Waals surface area contributed by atoms with Crippen molar-refractivity contribution in [2.45, 2.75) is 38.1 Å². The Hall–Kier alpha value is -0.820. The van der Waals surface area contributed by atoms with Crippen LogP contribution in [0.5, 0.6) is 0 Å². The summed E-state index contributed by atoms with van der Waals surface area (Å²) in [4.78, 5) is 14.0. The number of nitrogens with zero attached hydrogens (tertiary/aromatic N) is 1. The normalized spacial score (nSPS) is 25.1. The van der Waals surface area contributed by atoms with Crippen molar-refractivity contribution in [3.63, 3.8) is 0 Å². The minimum atomic E-state index is -2.99. The van der Waals surface area contributed by atoms with Gasteiger partial charge in [0.05, 0.1) is 18.1 Å². The molecule has 2 rings (SSSR count). The van der Waals surface area contributed by atoms with Crippen LogP contribution >= 0.6 is 0 Å². The smallest absolute Gasteiger partial charge is 0.317 e. The summed E-state index contributed by atoms with van der Waals surface area (Å²) < 4.78 is 28.3. The van der Waals surface area contributed by atoms with Gasteiger partial charge in [-0.2, -0.15) is 0 Å². The number of ether oxygens (including phenoxy) is 1. The molecule has 2 amide bonds. The van der Waals surface area contributed by atoms with Crippen LogP contribution in [0.15, 0.2) is 0 Å². The lowest BCUT2D eigenvalue weighted by molar-refractivity contribution is 0.133. The average molecular weight is 318 g/mol. The van der Waals surface area contributed by atoms with E-state index in [1.54, 1.807) is 12.0 Å². The van der Waals surface area contributed by atoms with E-state index in [9.17, 15) is 13.2 Å². The van der Waals surface area contributed by atoms with Crippen molar-refractivity contribution < 1.29 is 17.9 Å². The van der Waals surface area contributed by atoms with Gasteiger partial charge < -0.3 is 15.0 Å². The van der Waals surface area contributed by atoms with Crippen molar-refractivity contribution >= 4 is 15.9 Å². The lowest BCUT2D eigenvalue weighted by atomic mass is 10.1. The first kappa shape index (κ1) is 16.5. The van der Waals surface area contributed by atoms with Crippen molar-refractivity contribution in [2.24, 2.45) is 5.92 Å². The Labute approximate surface area is 127 Å². The maximum absolute atomic E-state index is 12.4.